The largest absolute Gasteiger partial charge is 0.466 e. The Morgan fingerprint density at radius 1 is 1.40 bits per heavy atom. The summed E-state index contributed by atoms with van der Waals surface area (Å²) >= 11 is 0. The molecule has 2 rings (SSSR count). The summed E-state index contributed by atoms with van der Waals surface area (Å²) in [6.07, 6.45) is 2.63. The zero-order chi connectivity index (χ0) is 11.1. The van der Waals surface area contributed by atoms with E-state index in [0.717, 1.165) is 0 Å². The van der Waals surface area contributed by atoms with E-state index in [4.69, 9.17) is 4.74 Å². The van der Waals surface area contributed by atoms with E-state index in [9.17, 15) is 4.79 Å². The van der Waals surface area contributed by atoms with E-state index in [2.05, 4.69) is 13.8 Å². The number of esters is 1. The van der Waals surface area contributed by atoms with Crippen molar-refractivity contribution in [1.29, 1.82) is 0 Å². The first kappa shape index (κ1) is 10.9. The molecule has 1 saturated heterocycles. The molecule has 0 amide bonds. The molecule has 3 heteroatoms. The van der Waals surface area contributed by atoms with Crippen molar-refractivity contribution in [3.8, 4) is 0 Å². The van der Waals surface area contributed by atoms with Gasteiger partial charge in [-0.05, 0) is 6.92 Å². The molecule has 0 aromatic heterocycles. The van der Waals surface area contributed by atoms with Crippen LogP contribution in [0.25, 0.3) is 0 Å². The molecule has 0 aromatic carbocycles. The number of carbonyl (C=O) groups excluding carboxylic acids is 1. The van der Waals surface area contributed by atoms with Gasteiger partial charge in [-0.25, -0.2) is 0 Å². The summed E-state index contributed by atoms with van der Waals surface area (Å²) in [5.41, 5.74) is 0.159. The van der Waals surface area contributed by atoms with Crippen LogP contribution in [0.4, 0.5) is 0 Å². The zero-order valence-corrected chi connectivity index (χ0v) is 10.0. The van der Waals surface area contributed by atoms with Crippen LogP contribution in [0.5, 0.6) is 0 Å². The highest BCUT2D eigenvalue weighted by atomic mass is 16.5. The quantitative estimate of drug-likeness (QED) is 0.680. The third-order valence-electron chi connectivity index (χ3n) is 4.05. The van der Waals surface area contributed by atoms with Crippen molar-refractivity contribution in [2.45, 2.75) is 39.7 Å². The van der Waals surface area contributed by atoms with Gasteiger partial charge in [0.2, 0.25) is 0 Å². The summed E-state index contributed by atoms with van der Waals surface area (Å²) in [5, 5.41) is 0. The lowest BCUT2D eigenvalue weighted by Gasteiger charge is -2.13. The second kappa shape index (κ2) is 3.78. The van der Waals surface area contributed by atoms with Crippen molar-refractivity contribution in [3.63, 3.8) is 0 Å². The smallest absolute Gasteiger partial charge is 0.315 e. The summed E-state index contributed by atoms with van der Waals surface area (Å²) in [6, 6.07) is 0.513. The highest BCUT2D eigenvalue weighted by molar-refractivity contribution is 5.78. The fraction of sp³-hybridized carbons (Fsp3) is 0.917. The van der Waals surface area contributed by atoms with Gasteiger partial charge in [-0.2, -0.15) is 0 Å². The minimum atomic E-state index is 0.0203. The predicted molar refractivity (Wildman–Crippen MR) is 57.6 cm³/mol. The van der Waals surface area contributed by atoms with Gasteiger partial charge in [-0.1, -0.05) is 13.8 Å². The first-order valence-electron chi connectivity index (χ1n) is 6.10. The first-order valence-corrected chi connectivity index (χ1v) is 6.10. The van der Waals surface area contributed by atoms with E-state index < -0.39 is 0 Å². The number of hydrogen-bond donors (Lipinski definition) is 1. The van der Waals surface area contributed by atoms with Crippen LogP contribution in [0.15, 0.2) is 0 Å². The number of nitrogens with one attached hydrogen (secondary N) is 1. The molecule has 1 saturated carbocycles. The lowest BCUT2D eigenvalue weighted by atomic mass is 10.1. The molecule has 2 fully saturated rings. The van der Waals surface area contributed by atoms with E-state index in [1.165, 1.54) is 25.9 Å². The molecule has 0 unspecified atom stereocenters. The molecule has 0 radical (unpaired) electrons. The molecule has 1 N–H and O–H groups in total. The maximum absolute atomic E-state index is 11.8. The van der Waals surface area contributed by atoms with Crippen molar-refractivity contribution in [1.82, 2.24) is 0 Å². The molecule has 0 spiro atoms. The van der Waals surface area contributed by atoms with Gasteiger partial charge < -0.3 is 9.64 Å². The number of likely N-dealkylation sites (tertiary alicyclic amines) is 1. The fourth-order valence-electron chi connectivity index (χ4n) is 3.21. The van der Waals surface area contributed by atoms with Crippen LogP contribution in [0.3, 0.4) is 0 Å². The molecular formula is C12H22NO2+. The molecule has 3 nitrogen and oxygen atoms in total. The highest BCUT2D eigenvalue weighted by Gasteiger charge is 2.69. The molecule has 2 atom stereocenters. The van der Waals surface area contributed by atoms with Crippen LogP contribution in [-0.2, 0) is 9.53 Å². The SMILES string of the molecule is CCOC(=O)[C@H]1[C@H]([NH+]2CCCC2)C1(C)C. The van der Waals surface area contributed by atoms with Gasteiger partial charge >= 0.3 is 5.97 Å². The van der Waals surface area contributed by atoms with Gasteiger partial charge in [-0.3, -0.25) is 4.79 Å². The van der Waals surface area contributed by atoms with Crippen LogP contribution in [-0.4, -0.2) is 31.7 Å². The number of hydrogen-bond acceptors (Lipinski definition) is 2. The molecule has 2 aliphatic rings. The summed E-state index contributed by atoms with van der Waals surface area (Å²) in [4.78, 5) is 13.4. The van der Waals surface area contributed by atoms with E-state index in [1.807, 2.05) is 6.92 Å². The van der Waals surface area contributed by atoms with Gasteiger partial charge in [0.1, 0.15) is 12.0 Å². The van der Waals surface area contributed by atoms with Crippen LogP contribution < -0.4 is 4.90 Å². The maximum Gasteiger partial charge on any atom is 0.315 e. The monoisotopic (exact) mass is 212 g/mol. The molecular weight excluding hydrogens is 190 g/mol. The summed E-state index contributed by atoms with van der Waals surface area (Å²) in [7, 11) is 0. The van der Waals surface area contributed by atoms with Crippen LogP contribution in [0, 0.1) is 11.3 Å². The summed E-state index contributed by atoms with van der Waals surface area (Å²) < 4.78 is 5.14. The molecule has 1 aliphatic heterocycles. The Kier molecular flexibility index (Phi) is 2.75. The Balaban J connectivity index is 1.99. The molecule has 0 aromatic rings. The van der Waals surface area contributed by atoms with Gasteiger partial charge in [0, 0.05) is 18.3 Å². The van der Waals surface area contributed by atoms with Crippen LogP contribution >= 0.6 is 0 Å². The van der Waals surface area contributed by atoms with E-state index in [0.29, 0.717) is 12.6 Å². The average Bonchev–Trinajstić information content (AvgIpc) is 2.59. The molecule has 0 bridgehead atoms. The van der Waals surface area contributed by atoms with Crippen LogP contribution in [0.2, 0.25) is 0 Å². The summed E-state index contributed by atoms with van der Waals surface area (Å²) in [5.74, 6) is 0.164. The summed E-state index contributed by atoms with van der Waals surface area (Å²) in [6.45, 7) is 9.27. The highest BCUT2D eigenvalue weighted by Crippen LogP contribution is 2.51. The number of rotatable bonds is 3. The van der Waals surface area contributed by atoms with Gasteiger partial charge in [0.05, 0.1) is 19.7 Å². The predicted octanol–water partition coefficient (Wildman–Crippen LogP) is 0.253. The molecule has 15 heavy (non-hydrogen) atoms. The number of carbonyl (C=O) groups is 1. The minimum absolute atomic E-state index is 0.0203. The molecule has 86 valence electrons. The Morgan fingerprint density at radius 2 is 2.00 bits per heavy atom. The standard InChI is InChI=1S/C12H21NO2/c1-4-15-11(14)9-10(12(9,2)3)13-7-5-6-8-13/h9-10H,4-8H2,1-3H3/p+1/t9-,10+/m1/s1. The molecule has 1 aliphatic carbocycles. The van der Waals surface area contributed by atoms with Crippen molar-refractivity contribution in [3.05, 3.63) is 0 Å². The lowest BCUT2D eigenvalue weighted by Crippen LogP contribution is -3.12. The minimum Gasteiger partial charge on any atom is -0.466 e. The van der Waals surface area contributed by atoms with Gasteiger partial charge in [0.25, 0.3) is 0 Å². The average molecular weight is 212 g/mol. The van der Waals surface area contributed by atoms with Crippen molar-refractivity contribution >= 4 is 5.97 Å². The fourth-order valence-corrected chi connectivity index (χ4v) is 3.21. The Labute approximate surface area is 91.8 Å². The van der Waals surface area contributed by atoms with E-state index >= 15 is 0 Å². The first-order chi connectivity index (χ1) is 7.09. The second-order valence-corrected chi connectivity index (χ2v) is 5.39. The normalized spacial score (nSPS) is 34.1. The zero-order valence-electron chi connectivity index (χ0n) is 10.0. The second-order valence-electron chi connectivity index (χ2n) is 5.39. The third-order valence-corrected chi connectivity index (χ3v) is 4.05. The maximum atomic E-state index is 11.8. The van der Waals surface area contributed by atoms with Crippen molar-refractivity contribution < 1.29 is 14.4 Å². The topological polar surface area (TPSA) is 30.7 Å². The van der Waals surface area contributed by atoms with Crippen molar-refractivity contribution in [2.24, 2.45) is 11.3 Å². The Morgan fingerprint density at radius 3 is 2.53 bits per heavy atom. The van der Waals surface area contributed by atoms with E-state index in [1.54, 1.807) is 4.90 Å². The Bertz CT molecular complexity index is 256. The number of ether oxygens (including phenoxy) is 1. The Hall–Kier alpha value is -0.570. The van der Waals surface area contributed by atoms with E-state index in [-0.39, 0.29) is 17.3 Å². The third kappa shape index (κ3) is 1.78. The molecule has 1 heterocycles. The van der Waals surface area contributed by atoms with Gasteiger partial charge in [0.15, 0.2) is 0 Å². The number of quaternary nitrogens is 1. The lowest BCUT2D eigenvalue weighted by molar-refractivity contribution is -0.903. The van der Waals surface area contributed by atoms with Crippen LogP contribution in [0.1, 0.15) is 33.6 Å². The van der Waals surface area contributed by atoms with Gasteiger partial charge in [-0.15, -0.1) is 0 Å². The van der Waals surface area contributed by atoms with Crippen molar-refractivity contribution in [2.75, 3.05) is 19.7 Å².